The number of hydrogen-bond donors (Lipinski definition) is 1. The van der Waals surface area contributed by atoms with Crippen molar-refractivity contribution >= 4 is 11.9 Å². The molecule has 0 atom stereocenters. The molecule has 5 nitrogen and oxygen atoms in total. The predicted molar refractivity (Wildman–Crippen MR) is 75.4 cm³/mol. The van der Waals surface area contributed by atoms with Crippen molar-refractivity contribution in [3.8, 4) is 0 Å². The summed E-state index contributed by atoms with van der Waals surface area (Å²) in [6.45, 7) is 1.93. The summed E-state index contributed by atoms with van der Waals surface area (Å²) in [6.07, 6.45) is 1.71. The fourth-order valence-electron chi connectivity index (χ4n) is 2.34. The number of carbonyl (C=O) groups is 2. The topological polar surface area (TPSA) is 58.6 Å². The molecule has 5 heteroatoms. The van der Waals surface area contributed by atoms with Crippen LogP contribution in [-0.4, -0.2) is 49.6 Å². The van der Waals surface area contributed by atoms with Gasteiger partial charge < -0.3 is 10.1 Å². The minimum Gasteiger partial charge on any atom is -0.468 e. The second-order valence-corrected chi connectivity index (χ2v) is 4.97. The van der Waals surface area contributed by atoms with Crippen LogP contribution in [0.4, 0.5) is 0 Å². The van der Waals surface area contributed by atoms with Gasteiger partial charge >= 0.3 is 5.97 Å². The molecule has 0 unspecified atom stereocenters. The number of amides is 1. The van der Waals surface area contributed by atoms with Gasteiger partial charge in [0.25, 0.3) is 5.91 Å². The SMILES string of the molecule is COC(=O)CN1CCC(NC(=O)c2ccccc2)CC1. The van der Waals surface area contributed by atoms with Crippen LogP contribution in [0.3, 0.4) is 0 Å². The monoisotopic (exact) mass is 276 g/mol. The van der Waals surface area contributed by atoms with Gasteiger partial charge in [-0.05, 0) is 25.0 Å². The van der Waals surface area contributed by atoms with Gasteiger partial charge in [0.2, 0.25) is 0 Å². The third kappa shape index (κ3) is 4.06. The van der Waals surface area contributed by atoms with Crippen molar-refractivity contribution in [1.82, 2.24) is 10.2 Å². The first kappa shape index (κ1) is 14.5. The van der Waals surface area contributed by atoms with E-state index >= 15 is 0 Å². The van der Waals surface area contributed by atoms with Gasteiger partial charge in [-0.3, -0.25) is 14.5 Å². The van der Waals surface area contributed by atoms with Crippen LogP contribution in [0.1, 0.15) is 23.2 Å². The number of piperidine rings is 1. The van der Waals surface area contributed by atoms with Crippen molar-refractivity contribution in [3.63, 3.8) is 0 Å². The molecular formula is C15H20N2O3. The van der Waals surface area contributed by atoms with Gasteiger partial charge in [-0.1, -0.05) is 18.2 Å². The predicted octanol–water partition coefficient (Wildman–Crippen LogP) is 1.05. The van der Waals surface area contributed by atoms with Crippen LogP contribution in [0.2, 0.25) is 0 Å². The molecule has 1 aromatic rings. The Hall–Kier alpha value is -1.88. The highest BCUT2D eigenvalue weighted by Crippen LogP contribution is 2.11. The van der Waals surface area contributed by atoms with E-state index in [0.717, 1.165) is 25.9 Å². The lowest BCUT2D eigenvalue weighted by Gasteiger charge is -2.31. The lowest BCUT2D eigenvalue weighted by atomic mass is 10.0. The van der Waals surface area contributed by atoms with Crippen LogP contribution < -0.4 is 5.32 Å². The molecule has 1 amide bonds. The number of likely N-dealkylation sites (tertiary alicyclic amines) is 1. The maximum absolute atomic E-state index is 12.0. The van der Waals surface area contributed by atoms with Crippen molar-refractivity contribution < 1.29 is 14.3 Å². The fourth-order valence-corrected chi connectivity index (χ4v) is 2.34. The molecule has 1 fully saturated rings. The number of methoxy groups -OCH3 is 1. The van der Waals surface area contributed by atoms with Crippen LogP contribution in [-0.2, 0) is 9.53 Å². The summed E-state index contributed by atoms with van der Waals surface area (Å²) in [5, 5.41) is 3.04. The molecular weight excluding hydrogens is 256 g/mol. The zero-order valence-electron chi connectivity index (χ0n) is 11.7. The first-order valence-electron chi connectivity index (χ1n) is 6.84. The number of ether oxygens (including phenoxy) is 1. The summed E-state index contributed by atoms with van der Waals surface area (Å²) in [5.74, 6) is -0.242. The van der Waals surface area contributed by atoms with Crippen molar-refractivity contribution in [2.75, 3.05) is 26.7 Å². The summed E-state index contributed by atoms with van der Waals surface area (Å²) < 4.78 is 4.65. The molecule has 1 aliphatic heterocycles. The van der Waals surface area contributed by atoms with Crippen molar-refractivity contribution in [2.24, 2.45) is 0 Å². The number of nitrogens with zero attached hydrogens (tertiary/aromatic N) is 1. The molecule has 0 bridgehead atoms. The maximum Gasteiger partial charge on any atom is 0.319 e. The molecule has 1 saturated heterocycles. The lowest BCUT2D eigenvalue weighted by Crippen LogP contribution is -2.46. The first-order valence-corrected chi connectivity index (χ1v) is 6.84. The highest BCUT2D eigenvalue weighted by Gasteiger charge is 2.22. The van der Waals surface area contributed by atoms with Crippen molar-refractivity contribution in [1.29, 1.82) is 0 Å². The van der Waals surface area contributed by atoms with Crippen LogP contribution in [0, 0.1) is 0 Å². The van der Waals surface area contributed by atoms with E-state index in [9.17, 15) is 9.59 Å². The Morgan fingerprint density at radius 1 is 1.25 bits per heavy atom. The zero-order valence-corrected chi connectivity index (χ0v) is 11.7. The van der Waals surface area contributed by atoms with Crippen LogP contribution in [0.15, 0.2) is 30.3 Å². The minimum atomic E-state index is -0.211. The van der Waals surface area contributed by atoms with E-state index in [1.165, 1.54) is 7.11 Å². The van der Waals surface area contributed by atoms with Gasteiger partial charge in [0.15, 0.2) is 0 Å². The summed E-state index contributed by atoms with van der Waals surface area (Å²) in [7, 11) is 1.40. The number of hydrogen-bond acceptors (Lipinski definition) is 4. The van der Waals surface area contributed by atoms with E-state index in [2.05, 4.69) is 15.0 Å². The van der Waals surface area contributed by atoms with Crippen molar-refractivity contribution in [3.05, 3.63) is 35.9 Å². The van der Waals surface area contributed by atoms with Crippen LogP contribution in [0.5, 0.6) is 0 Å². The van der Waals surface area contributed by atoms with E-state index in [0.29, 0.717) is 12.1 Å². The number of esters is 1. The number of carbonyl (C=O) groups excluding carboxylic acids is 2. The van der Waals surface area contributed by atoms with Gasteiger partial charge in [-0.25, -0.2) is 0 Å². The summed E-state index contributed by atoms with van der Waals surface area (Å²) in [5.41, 5.74) is 0.685. The Labute approximate surface area is 118 Å². The highest BCUT2D eigenvalue weighted by molar-refractivity contribution is 5.94. The molecule has 108 valence electrons. The fraction of sp³-hybridized carbons (Fsp3) is 0.467. The molecule has 0 saturated carbocycles. The Morgan fingerprint density at radius 3 is 2.50 bits per heavy atom. The van der Waals surface area contributed by atoms with Gasteiger partial charge in [-0.2, -0.15) is 0 Å². The van der Waals surface area contributed by atoms with E-state index < -0.39 is 0 Å². The molecule has 1 aromatic carbocycles. The minimum absolute atomic E-state index is 0.0305. The quantitative estimate of drug-likeness (QED) is 0.835. The van der Waals surface area contributed by atoms with Crippen molar-refractivity contribution in [2.45, 2.75) is 18.9 Å². The molecule has 0 aliphatic carbocycles. The smallest absolute Gasteiger partial charge is 0.319 e. The number of rotatable bonds is 4. The molecule has 2 rings (SSSR count). The maximum atomic E-state index is 12.0. The molecule has 0 aromatic heterocycles. The van der Waals surface area contributed by atoms with E-state index in [-0.39, 0.29) is 17.9 Å². The first-order chi connectivity index (χ1) is 9.69. The Bertz CT molecular complexity index is 453. The van der Waals surface area contributed by atoms with Crippen LogP contribution >= 0.6 is 0 Å². The summed E-state index contributed by atoms with van der Waals surface area (Å²) >= 11 is 0. The highest BCUT2D eigenvalue weighted by atomic mass is 16.5. The Kier molecular flexibility index (Phi) is 5.12. The molecule has 0 spiro atoms. The Morgan fingerprint density at radius 2 is 1.90 bits per heavy atom. The van der Waals surface area contributed by atoms with E-state index in [1.54, 1.807) is 0 Å². The zero-order chi connectivity index (χ0) is 14.4. The third-order valence-electron chi connectivity index (χ3n) is 3.54. The average molecular weight is 276 g/mol. The normalized spacial score (nSPS) is 16.6. The Balaban J connectivity index is 1.77. The van der Waals surface area contributed by atoms with Crippen LogP contribution in [0.25, 0.3) is 0 Å². The third-order valence-corrected chi connectivity index (χ3v) is 3.54. The van der Waals surface area contributed by atoms with Gasteiger partial charge in [0.05, 0.1) is 13.7 Å². The summed E-state index contributed by atoms with van der Waals surface area (Å²) in [4.78, 5) is 25.3. The number of benzene rings is 1. The van der Waals surface area contributed by atoms with E-state index in [4.69, 9.17) is 0 Å². The van der Waals surface area contributed by atoms with E-state index in [1.807, 2.05) is 30.3 Å². The molecule has 20 heavy (non-hydrogen) atoms. The average Bonchev–Trinajstić information content (AvgIpc) is 2.50. The second kappa shape index (κ2) is 7.05. The standard InChI is InChI=1S/C15H20N2O3/c1-20-14(18)11-17-9-7-13(8-10-17)16-15(19)12-5-3-2-4-6-12/h2-6,13H,7-11H2,1H3,(H,16,19). The second-order valence-electron chi connectivity index (χ2n) is 4.97. The molecule has 1 aliphatic rings. The van der Waals surface area contributed by atoms with Gasteiger partial charge in [0.1, 0.15) is 0 Å². The lowest BCUT2D eigenvalue weighted by molar-refractivity contribution is -0.142. The van der Waals surface area contributed by atoms with Gasteiger partial charge in [0, 0.05) is 24.7 Å². The summed E-state index contributed by atoms with van der Waals surface area (Å²) in [6, 6.07) is 9.39. The largest absolute Gasteiger partial charge is 0.468 e. The van der Waals surface area contributed by atoms with Gasteiger partial charge in [-0.15, -0.1) is 0 Å². The molecule has 0 radical (unpaired) electrons. The number of nitrogens with one attached hydrogen (secondary N) is 1. The molecule has 1 heterocycles. The molecule has 1 N–H and O–H groups in total.